The van der Waals surface area contributed by atoms with Crippen molar-refractivity contribution in [2.24, 2.45) is 0 Å². The standard InChI is InChI=1S/C23H20ClF3N2O5S/c1-33-20-13-19(21(34-2)12-18(20)24)28-22(30)14-29(35(31,32)17-9-4-3-5-10-17)16-8-6-7-15(11-16)23(25,26)27/h3-13H,14H2,1-2H3,(H,28,30). The lowest BCUT2D eigenvalue weighted by molar-refractivity contribution is -0.137. The molecule has 3 aromatic rings. The lowest BCUT2D eigenvalue weighted by Crippen LogP contribution is -2.38. The Hall–Kier alpha value is -3.44. The van der Waals surface area contributed by atoms with Gasteiger partial charge in [-0.25, -0.2) is 8.42 Å². The predicted molar refractivity (Wildman–Crippen MR) is 126 cm³/mol. The van der Waals surface area contributed by atoms with Gasteiger partial charge in [0, 0.05) is 12.1 Å². The molecule has 0 aromatic heterocycles. The molecule has 0 atom stereocenters. The summed E-state index contributed by atoms with van der Waals surface area (Å²) in [5.41, 5.74) is -1.27. The number of anilines is 2. The molecule has 0 aliphatic rings. The van der Waals surface area contributed by atoms with Crippen molar-refractivity contribution in [1.29, 1.82) is 0 Å². The van der Waals surface area contributed by atoms with Gasteiger partial charge in [0.1, 0.15) is 18.0 Å². The molecule has 7 nitrogen and oxygen atoms in total. The number of amides is 1. The van der Waals surface area contributed by atoms with Crippen LogP contribution in [0, 0.1) is 0 Å². The van der Waals surface area contributed by atoms with E-state index < -0.39 is 34.2 Å². The first-order valence-electron chi connectivity index (χ1n) is 9.93. The molecule has 1 amide bonds. The van der Waals surface area contributed by atoms with Gasteiger partial charge in [0.25, 0.3) is 10.0 Å². The molecule has 0 radical (unpaired) electrons. The fraction of sp³-hybridized carbons (Fsp3) is 0.174. The Morgan fingerprint density at radius 2 is 1.63 bits per heavy atom. The second-order valence-corrected chi connectivity index (χ2v) is 9.38. The lowest BCUT2D eigenvalue weighted by atomic mass is 10.2. The Balaban J connectivity index is 2.02. The molecule has 3 aromatic carbocycles. The van der Waals surface area contributed by atoms with E-state index in [9.17, 15) is 26.4 Å². The third-order valence-corrected chi connectivity index (χ3v) is 6.91. The zero-order valence-corrected chi connectivity index (χ0v) is 20.0. The van der Waals surface area contributed by atoms with Crippen molar-refractivity contribution in [2.75, 3.05) is 30.4 Å². The number of methoxy groups -OCH3 is 2. The van der Waals surface area contributed by atoms with E-state index in [0.29, 0.717) is 10.4 Å². The fourth-order valence-corrected chi connectivity index (χ4v) is 4.82. The number of ether oxygens (including phenoxy) is 2. The Bertz CT molecular complexity index is 1320. The highest BCUT2D eigenvalue weighted by molar-refractivity contribution is 7.92. The largest absolute Gasteiger partial charge is 0.495 e. The van der Waals surface area contributed by atoms with Crippen molar-refractivity contribution in [2.45, 2.75) is 11.1 Å². The van der Waals surface area contributed by atoms with Crippen LogP contribution in [0.4, 0.5) is 24.5 Å². The quantitative estimate of drug-likeness (QED) is 0.434. The van der Waals surface area contributed by atoms with Crippen LogP contribution in [-0.4, -0.2) is 35.1 Å². The summed E-state index contributed by atoms with van der Waals surface area (Å²) in [5.74, 6) is -0.459. The number of nitrogens with one attached hydrogen (secondary N) is 1. The number of carbonyl (C=O) groups is 1. The van der Waals surface area contributed by atoms with Crippen LogP contribution in [-0.2, 0) is 21.0 Å². The van der Waals surface area contributed by atoms with Crippen LogP contribution in [0.5, 0.6) is 11.5 Å². The van der Waals surface area contributed by atoms with Gasteiger partial charge in [-0.3, -0.25) is 9.10 Å². The SMILES string of the molecule is COc1cc(NC(=O)CN(c2cccc(C(F)(F)F)c2)S(=O)(=O)c2ccccc2)c(OC)cc1Cl. The third kappa shape index (κ3) is 5.98. The van der Waals surface area contributed by atoms with Crippen LogP contribution < -0.4 is 19.1 Å². The molecule has 0 spiro atoms. The van der Waals surface area contributed by atoms with E-state index in [1.165, 1.54) is 56.7 Å². The molecule has 12 heteroatoms. The van der Waals surface area contributed by atoms with Crippen molar-refractivity contribution < 1.29 is 35.9 Å². The summed E-state index contributed by atoms with van der Waals surface area (Å²) < 4.78 is 77.5. The first-order valence-corrected chi connectivity index (χ1v) is 11.8. The smallest absolute Gasteiger partial charge is 0.416 e. The van der Waals surface area contributed by atoms with Crippen LogP contribution >= 0.6 is 11.6 Å². The summed E-state index contributed by atoms with van der Waals surface area (Å²) in [6.07, 6.45) is -4.71. The number of alkyl halides is 3. The number of rotatable bonds is 8. The van der Waals surface area contributed by atoms with Crippen molar-refractivity contribution in [1.82, 2.24) is 0 Å². The number of nitrogens with zero attached hydrogens (tertiary/aromatic N) is 1. The molecule has 0 saturated carbocycles. The van der Waals surface area contributed by atoms with Gasteiger partial charge in [-0.1, -0.05) is 35.9 Å². The summed E-state index contributed by atoms with van der Waals surface area (Å²) in [4.78, 5) is 12.7. The Labute approximate surface area is 205 Å². The van der Waals surface area contributed by atoms with Gasteiger partial charge >= 0.3 is 6.18 Å². The number of carbonyl (C=O) groups excluding carboxylic acids is 1. The Morgan fingerprint density at radius 3 is 2.23 bits per heavy atom. The summed E-state index contributed by atoms with van der Waals surface area (Å²) in [5, 5.41) is 2.71. The maximum Gasteiger partial charge on any atom is 0.416 e. The molecular weight excluding hydrogens is 509 g/mol. The summed E-state index contributed by atoms with van der Waals surface area (Å²) in [7, 11) is -1.71. The average molecular weight is 529 g/mol. The molecule has 0 unspecified atom stereocenters. The van der Waals surface area contributed by atoms with Gasteiger partial charge in [-0.05, 0) is 30.3 Å². The third-order valence-electron chi connectivity index (χ3n) is 4.83. The van der Waals surface area contributed by atoms with Crippen LogP contribution in [0.25, 0.3) is 0 Å². The van der Waals surface area contributed by atoms with Crippen LogP contribution in [0.3, 0.4) is 0 Å². The lowest BCUT2D eigenvalue weighted by Gasteiger charge is -2.25. The highest BCUT2D eigenvalue weighted by Crippen LogP contribution is 2.36. The first kappa shape index (κ1) is 26.2. The zero-order valence-electron chi connectivity index (χ0n) is 18.5. The van der Waals surface area contributed by atoms with Gasteiger partial charge in [-0.2, -0.15) is 13.2 Å². The topological polar surface area (TPSA) is 84.9 Å². The molecule has 0 saturated heterocycles. The van der Waals surface area contributed by atoms with E-state index in [1.54, 1.807) is 6.07 Å². The van der Waals surface area contributed by atoms with Crippen molar-refractivity contribution >= 4 is 38.9 Å². The molecule has 0 aliphatic carbocycles. The van der Waals surface area contributed by atoms with Crippen molar-refractivity contribution in [3.63, 3.8) is 0 Å². The molecule has 0 fully saturated rings. The zero-order chi connectivity index (χ0) is 25.8. The Kier molecular flexibility index (Phi) is 7.81. The molecule has 35 heavy (non-hydrogen) atoms. The second-order valence-electron chi connectivity index (χ2n) is 7.11. The number of sulfonamides is 1. The van der Waals surface area contributed by atoms with Gasteiger partial charge in [0.05, 0.1) is 41.1 Å². The van der Waals surface area contributed by atoms with E-state index >= 15 is 0 Å². The van der Waals surface area contributed by atoms with E-state index in [2.05, 4.69) is 5.32 Å². The molecule has 0 heterocycles. The number of halogens is 4. The Morgan fingerprint density at radius 1 is 0.971 bits per heavy atom. The second kappa shape index (κ2) is 10.4. The van der Waals surface area contributed by atoms with E-state index in [0.717, 1.165) is 12.1 Å². The van der Waals surface area contributed by atoms with Gasteiger partial charge in [-0.15, -0.1) is 0 Å². The van der Waals surface area contributed by atoms with Gasteiger partial charge < -0.3 is 14.8 Å². The molecule has 1 N–H and O–H groups in total. The summed E-state index contributed by atoms with van der Waals surface area (Å²) in [6.45, 7) is -0.827. The molecular formula is C23H20ClF3N2O5S. The number of benzene rings is 3. The maximum atomic E-state index is 13.4. The molecule has 0 bridgehead atoms. The highest BCUT2D eigenvalue weighted by atomic mass is 35.5. The van der Waals surface area contributed by atoms with Crippen LogP contribution in [0.2, 0.25) is 5.02 Å². The number of hydrogen-bond donors (Lipinski definition) is 1. The van der Waals surface area contributed by atoms with Crippen LogP contribution in [0.1, 0.15) is 5.56 Å². The average Bonchev–Trinajstić information content (AvgIpc) is 2.83. The minimum Gasteiger partial charge on any atom is -0.495 e. The minimum atomic E-state index is -4.71. The van der Waals surface area contributed by atoms with E-state index in [4.69, 9.17) is 21.1 Å². The summed E-state index contributed by atoms with van der Waals surface area (Å²) >= 11 is 6.06. The molecule has 186 valence electrons. The van der Waals surface area contributed by atoms with E-state index in [1.807, 2.05) is 0 Å². The predicted octanol–water partition coefficient (Wildman–Crippen LogP) is 5.21. The van der Waals surface area contributed by atoms with Gasteiger partial charge in [0.15, 0.2) is 0 Å². The van der Waals surface area contributed by atoms with E-state index in [-0.39, 0.29) is 32.8 Å². The molecule has 0 aliphatic heterocycles. The minimum absolute atomic E-state index is 0.125. The molecule has 3 rings (SSSR count). The number of hydrogen-bond acceptors (Lipinski definition) is 5. The fourth-order valence-electron chi connectivity index (χ4n) is 3.15. The van der Waals surface area contributed by atoms with Gasteiger partial charge in [0.2, 0.25) is 5.91 Å². The highest BCUT2D eigenvalue weighted by Gasteiger charge is 2.33. The monoisotopic (exact) mass is 528 g/mol. The van der Waals surface area contributed by atoms with Crippen molar-refractivity contribution in [3.8, 4) is 11.5 Å². The summed E-state index contributed by atoms with van der Waals surface area (Å²) in [6, 6.07) is 13.5. The normalized spacial score (nSPS) is 11.6. The van der Waals surface area contributed by atoms with Crippen LogP contribution in [0.15, 0.2) is 71.6 Å². The maximum absolute atomic E-state index is 13.4. The first-order chi connectivity index (χ1) is 16.5. The van der Waals surface area contributed by atoms with Crippen molar-refractivity contribution in [3.05, 3.63) is 77.3 Å².